The van der Waals surface area contributed by atoms with Crippen molar-refractivity contribution in [1.82, 2.24) is 0 Å². The third kappa shape index (κ3) is 18.5. The van der Waals surface area contributed by atoms with Crippen molar-refractivity contribution in [1.29, 1.82) is 0 Å². The zero-order chi connectivity index (χ0) is 69.7. The summed E-state index contributed by atoms with van der Waals surface area (Å²) in [6, 6.07) is 0. The maximum Gasteiger partial charge on any atom is 0.330 e. The van der Waals surface area contributed by atoms with Crippen LogP contribution in [0.5, 0.6) is 0 Å². The van der Waals surface area contributed by atoms with Crippen molar-refractivity contribution >= 4 is 23.9 Å². The minimum Gasteiger partial charge on any atom is -0.481 e. The van der Waals surface area contributed by atoms with Gasteiger partial charge in [0, 0.05) is 30.9 Å². The Bertz CT molecular complexity index is 2570. The number of ether oxygens (including phenoxy) is 12. The molecular weight excluding hydrogens is 1300 g/mol. The molecule has 21 N–H and O–H groups in total. The van der Waals surface area contributed by atoms with Gasteiger partial charge in [-0.15, -0.1) is 0 Å². The van der Waals surface area contributed by atoms with Gasteiger partial charge in [-0.25, -0.2) is 9.59 Å². The molecule has 5 aliphatic heterocycles. The summed E-state index contributed by atoms with van der Waals surface area (Å²) in [5, 5.41) is 212. The number of carboxylic acids is 1. The molecule has 0 aromatic carbocycles. The molecule has 4 aliphatic carbocycles. The van der Waals surface area contributed by atoms with E-state index in [4.69, 9.17) is 61.9 Å². The quantitative estimate of drug-likeness (QED) is 0.0157. The molecule has 5 heterocycles. The molecule has 548 valence electrons. The molecule has 96 heavy (non-hydrogen) atoms. The highest BCUT2D eigenvalue weighted by Gasteiger charge is 2.58. The van der Waals surface area contributed by atoms with Gasteiger partial charge in [-0.05, 0) is 69.6 Å². The number of aliphatic hydroxyl groups is 21. The second-order valence-corrected chi connectivity index (χ2v) is 26.5. The van der Waals surface area contributed by atoms with Gasteiger partial charge in [-0.1, -0.05) is 12.2 Å². The van der Waals surface area contributed by atoms with Crippen LogP contribution >= 0.6 is 0 Å². The van der Waals surface area contributed by atoms with Gasteiger partial charge in [0.1, 0.15) is 136 Å². The number of fused-ring (bicyclic) bond motifs is 1. The second kappa shape index (κ2) is 33.8. The van der Waals surface area contributed by atoms with Gasteiger partial charge in [-0.2, -0.15) is 0 Å². The standard InChI is InChI=1S/C60H92O36/c61-17-35-44(73)48(77)52(81)57(93-35)89-30-5-1-21(9-26(30)63)3-7-40(69)85-18-36-45(74)49(78)53(82)58(94-36)90-31-6-2-22(10-27(31)64)4-8-41(70)86-19-37-46(75)51(80)55(84)60(96-37)92-34-15-25-32(88-56(34)23-11-28(65)43(72)29(66)12-23)13-24(62)14-33(25)91-59-54(83)50(79)47(76)38(95-59)20-87-42(71)16-39(67)68/h3-4,7-8,21-38,43-66,72-84H,1-2,5-6,9-20H2,(H,67,68)/p+1/t21?,22?,23?,24?,25?,26?,27?,28?,29?,30?,31?,32?,33?,34?,35-,36-,37-,38-,43?,44-,45-,46-,47-,48+,49+,50+,51+,52-,53-,54-,55-,56?,57-,58-,59-,60-/m1/s1. The third-order valence-corrected chi connectivity index (χ3v) is 19.8. The average molecular weight is 1390 g/mol. The number of aliphatic carboxylic acids is 1. The van der Waals surface area contributed by atoms with Crippen molar-refractivity contribution in [3.63, 3.8) is 0 Å². The molecule has 0 amide bonds. The van der Waals surface area contributed by atoms with E-state index in [0.717, 1.165) is 12.2 Å². The van der Waals surface area contributed by atoms with Crippen molar-refractivity contribution in [2.45, 2.75) is 273 Å². The normalized spacial score (nSPS) is 48.0. The SMILES string of the molecule is O=C(O)CC(=O)OC[C@H]1O[C@@H](OC2CC(O)CC3[OH+]C(C4CC(O)C(O)C(O)C4)C(O[C@@H]4O[C@H](COC(=O)C=CC5CCC(O[C@@H]6O[C@H](COC(=O)C=CC7CCC(O[C@@H]8O[C@H](CO)[C@@H](O)[C@H](O)[C@H]8O)C(O)C7)[C@@H](O)[C@H](O)[C@H]6O)C(O)C5)[C@@H](O)[C@H](O)[C@H]4O)CC23)[C@H](O)[C@@H](O)[C@@H]1O. The first-order valence-corrected chi connectivity index (χ1v) is 32.4. The predicted octanol–water partition coefficient (Wildman–Crippen LogP) is -9.78. The van der Waals surface area contributed by atoms with E-state index < -0.39 is 271 Å². The summed E-state index contributed by atoms with van der Waals surface area (Å²) in [6.45, 7) is -2.76. The van der Waals surface area contributed by atoms with E-state index in [9.17, 15) is 116 Å². The van der Waals surface area contributed by atoms with Crippen LogP contribution in [-0.4, -0.2) is 353 Å². The monoisotopic (exact) mass is 1390 g/mol. The smallest absolute Gasteiger partial charge is 0.330 e. The van der Waals surface area contributed by atoms with E-state index in [1.165, 1.54) is 12.2 Å². The van der Waals surface area contributed by atoms with Crippen LogP contribution in [0.3, 0.4) is 0 Å². The molecule has 0 bridgehead atoms. The molecule has 36 nitrogen and oxygen atoms in total. The average Bonchev–Trinajstić information content (AvgIpc) is 0.771. The minimum atomic E-state index is -1.97. The number of carbonyl (C=O) groups excluding carboxylic acids is 3. The van der Waals surface area contributed by atoms with Crippen LogP contribution in [0, 0.1) is 23.7 Å². The molecule has 0 aromatic heterocycles. The summed E-state index contributed by atoms with van der Waals surface area (Å²) in [7, 11) is 0. The summed E-state index contributed by atoms with van der Waals surface area (Å²) in [5.74, 6) is -6.83. The highest BCUT2D eigenvalue weighted by Crippen LogP contribution is 2.45. The van der Waals surface area contributed by atoms with E-state index in [2.05, 4.69) is 0 Å². The highest BCUT2D eigenvalue weighted by atomic mass is 16.7. The summed E-state index contributed by atoms with van der Waals surface area (Å²) in [6.07, 6.45) is -43.1. The lowest BCUT2D eigenvalue weighted by Gasteiger charge is -2.50. The van der Waals surface area contributed by atoms with Gasteiger partial charge >= 0.3 is 23.9 Å². The van der Waals surface area contributed by atoms with E-state index in [-0.39, 0.29) is 70.1 Å². The van der Waals surface area contributed by atoms with Crippen molar-refractivity contribution < 1.29 is 178 Å². The molecule has 34 atom stereocenters. The number of aliphatic hydroxyl groups excluding tert-OH is 19. The van der Waals surface area contributed by atoms with Crippen molar-refractivity contribution in [2.75, 3.05) is 26.4 Å². The first-order valence-electron chi connectivity index (χ1n) is 32.4. The fraction of sp³-hybridized carbons (Fsp3) is 0.867. The highest BCUT2D eigenvalue weighted by molar-refractivity contribution is 5.90. The fourth-order valence-corrected chi connectivity index (χ4v) is 14.2. The zero-order valence-electron chi connectivity index (χ0n) is 51.9. The molecule has 9 rings (SSSR count). The largest absolute Gasteiger partial charge is 0.481 e. The van der Waals surface area contributed by atoms with Gasteiger partial charge in [-0.3, -0.25) is 9.59 Å². The van der Waals surface area contributed by atoms with Gasteiger partial charge < -0.3 is 159 Å². The summed E-state index contributed by atoms with van der Waals surface area (Å²) >= 11 is 0. The van der Waals surface area contributed by atoms with Crippen LogP contribution in [0.1, 0.15) is 77.0 Å². The van der Waals surface area contributed by atoms with E-state index in [0.29, 0.717) is 6.42 Å². The van der Waals surface area contributed by atoms with Crippen LogP contribution in [-0.2, 0) is 71.3 Å². The summed E-state index contributed by atoms with van der Waals surface area (Å²) in [5.41, 5.74) is 0. The van der Waals surface area contributed by atoms with Gasteiger partial charge in [0.25, 0.3) is 0 Å². The Morgan fingerprint density at radius 3 is 1.22 bits per heavy atom. The molecule has 5 saturated heterocycles. The number of carbonyl (C=O) groups is 4. The van der Waals surface area contributed by atoms with Crippen LogP contribution in [0.25, 0.3) is 0 Å². The second-order valence-electron chi connectivity index (χ2n) is 26.5. The Kier molecular flexibility index (Phi) is 26.9. The molecular formula is C60H93O36+. The Morgan fingerprint density at radius 1 is 0.406 bits per heavy atom. The number of hydrogen-bond acceptors (Lipinski definition) is 34. The maximum absolute atomic E-state index is 13.2. The lowest BCUT2D eigenvalue weighted by atomic mass is 9.72. The van der Waals surface area contributed by atoms with Crippen molar-refractivity contribution in [3.8, 4) is 0 Å². The Morgan fingerprint density at radius 2 is 0.802 bits per heavy atom. The third-order valence-electron chi connectivity index (χ3n) is 19.8. The fourth-order valence-electron chi connectivity index (χ4n) is 14.2. The molecule has 9 fully saturated rings. The molecule has 9 aliphatic rings. The van der Waals surface area contributed by atoms with Crippen LogP contribution in [0.4, 0.5) is 0 Å². The molecule has 0 radical (unpaired) electrons. The summed E-state index contributed by atoms with van der Waals surface area (Å²) < 4.78 is 67.6. The van der Waals surface area contributed by atoms with E-state index >= 15 is 0 Å². The number of hydrogen-bond donors (Lipinski definition) is 20. The van der Waals surface area contributed by atoms with Crippen molar-refractivity contribution in [3.05, 3.63) is 24.3 Å². The molecule has 36 heteroatoms. The van der Waals surface area contributed by atoms with E-state index in [1.54, 1.807) is 0 Å². The Balaban J connectivity index is 0.751. The topological polar surface area (TPSA) is 587 Å². The number of esters is 3. The molecule has 14 unspecified atom stereocenters. The first kappa shape index (κ1) is 76.4. The van der Waals surface area contributed by atoms with Gasteiger partial charge in [0.2, 0.25) is 0 Å². The zero-order valence-corrected chi connectivity index (χ0v) is 51.9. The lowest BCUT2D eigenvalue weighted by Crippen LogP contribution is -2.64. The van der Waals surface area contributed by atoms with E-state index in [1.807, 2.05) is 0 Å². The first-order chi connectivity index (χ1) is 45.5. The predicted molar refractivity (Wildman–Crippen MR) is 307 cm³/mol. The molecule has 0 spiro atoms. The van der Waals surface area contributed by atoms with Crippen LogP contribution < -0.4 is 0 Å². The van der Waals surface area contributed by atoms with Gasteiger partial charge in [0.05, 0.1) is 61.4 Å². The summed E-state index contributed by atoms with van der Waals surface area (Å²) in [4.78, 5) is 49.0. The number of rotatable bonds is 22. The number of carboxylic acid groups (broad SMARTS) is 1. The lowest BCUT2D eigenvalue weighted by molar-refractivity contribution is -0.368. The molecule has 0 aromatic rings. The minimum absolute atomic E-state index is 0.00357. The Labute approximate surface area is 548 Å². The van der Waals surface area contributed by atoms with Gasteiger partial charge in [0.15, 0.2) is 37.4 Å². The van der Waals surface area contributed by atoms with Crippen LogP contribution in [0.15, 0.2) is 24.3 Å². The Hall–Kier alpha value is -3.76. The molecule has 4 saturated carbocycles. The number of allylic oxidation sites excluding steroid dienone is 2. The van der Waals surface area contributed by atoms with Crippen molar-refractivity contribution in [2.24, 2.45) is 23.7 Å². The van der Waals surface area contributed by atoms with Crippen LogP contribution in [0.2, 0.25) is 0 Å². The maximum atomic E-state index is 13.2.